The molecule has 2 amide bonds. The van der Waals surface area contributed by atoms with Gasteiger partial charge in [0.1, 0.15) is 6.04 Å². The van der Waals surface area contributed by atoms with E-state index in [1.807, 2.05) is 6.07 Å². The highest BCUT2D eigenvalue weighted by Crippen LogP contribution is 2.41. The molecule has 1 fully saturated rings. The first-order valence-electron chi connectivity index (χ1n) is 10.5. The van der Waals surface area contributed by atoms with Crippen LogP contribution in [0.5, 0.6) is 0 Å². The van der Waals surface area contributed by atoms with Crippen molar-refractivity contribution in [1.29, 1.82) is 0 Å². The van der Waals surface area contributed by atoms with E-state index in [0.29, 0.717) is 10.9 Å². The maximum Gasteiger partial charge on any atom is 0.329 e. The van der Waals surface area contributed by atoms with Gasteiger partial charge in [0.15, 0.2) is 0 Å². The van der Waals surface area contributed by atoms with Gasteiger partial charge in [-0.3, -0.25) is 14.5 Å². The lowest BCUT2D eigenvalue weighted by atomic mass is 9.87. The molecule has 1 atom stereocenters. The molecule has 0 unspecified atom stereocenters. The number of benzene rings is 1. The first-order valence-corrected chi connectivity index (χ1v) is 11.4. The second kappa shape index (κ2) is 8.54. The Morgan fingerprint density at radius 2 is 1.90 bits per heavy atom. The van der Waals surface area contributed by atoms with Crippen molar-refractivity contribution >= 4 is 46.2 Å². The second-order valence-electron chi connectivity index (χ2n) is 8.70. The Kier molecular flexibility index (Phi) is 6.37. The van der Waals surface area contributed by atoms with Crippen LogP contribution in [-0.4, -0.2) is 46.2 Å². The molecule has 6 nitrogen and oxygen atoms in total. The molecule has 1 aromatic rings. The summed E-state index contributed by atoms with van der Waals surface area (Å²) in [5.41, 5.74) is 4.18. The number of carbonyl (C=O) groups is 3. The molecule has 0 N–H and O–H groups in total. The Bertz CT molecular complexity index is 993. The predicted molar refractivity (Wildman–Crippen MR) is 126 cm³/mol. The van der Waals surface area contributed by atoms with Crippen LogP contribution in [0.15, 0.2) is 29.2 Å². The van der Waals surface area contributed by atoms with Crippen LogP contribution in [0, 0.1) is 0 Å². The summed E-state index contributed by atoms with van der Waals surface area (Å²) in [6, 6.07) is 5.46. The fourth-order valence-electron chi connectivity index (χ4n) is 4.43. The quantitative estimate of drug-likeness (QED) is 0.468. The molecular formula is C24H30N2O4S. The van der Waals surface area contributed by atoms with Crippen LogP contribution in [0.3, 0.4) is 0 Å². The molecule has 2 aliphatic rings. The van der Waals surface area contributed by atoms with Gasteiger partial charge in [-0.1, -0.05) is 12.1 Å². The van der Waals surface area contributed by atoms with Crippen molar-refractivity contribution in [2.24, 2.45) is 0 Å². The third-order valence-corrected chi connectivity index (χ3v) is 6.43. The maximum atomic E-state index is 12.8. The third kappa shape index (κ3) is 4.28. The molecule has 1 saturated heterocycles. The van der Waals surface area contributed by atoms with E-state index in [4.69, 9.17) is 4.74 Å². The SMILES string of the molecule is CCOC(=O)[C@@H](C)N1C(=O)S/C(=C/c2ccc3c(c2)C(C)=CC(C)(C)N3C(C)C)C1=O. The Labute approximate surface area is 188 Å². The van der Waals surface area contributed by atoms with Crippen LogP contribution in [-0.2, 0) is 14.3 Å². The minimum atomic E-state index is -0.950. The van der Waals surface area contributed by atoms with E-state index in [-0.39, 0.29) is 12.1 Å². The number of esters is 1. The summed E-state index contributed by atoms with van der Waals surface area (Å²) in [7, 11) is 0. The first-order chi connectivity index (χ1) is 14.5. The summed E-state index contributed by atoms with van der Waals surface area (Å²) in [6.07, 6.45) is 3.98. The Hall–Kier alpha value is -2.54. The van der Waals surface area contributed by atoms with Gasteiger partial charge in [0.05, 0.1) is 17.1 Å². The highest BCUT2D eigenvalue weighted by Gasteiger charge is 2.41. The lowest BCUT2D eigenvalue weighted by molar-refractivity contribution is -0.150. The van der Waals surface area contributed by atoms with Gasteiger partial charge in [0.2, 0.25) is 0 Å². The summed E-state index contributed by atoms with van der Waals surface area (Å²) in [5.74, 6) is -1.05. The average Bonchev–Trinajstić information content (AvgIpc) is 2.94. The zero-order valence-electron chi connectivity index (χ0n) is 19.2. The largest absolute Gasteiger partial charge is 0.464 e. The molecule has 0 aromatic heterocycles. The minimum absolute atomic E-state index is 0.0986. The summed E-state index contributed by atoms with van der Waals surface area (Å²) >= 11 is 0.850. The molecule has 1 aromatic carbocycles. The minimum Gasteiger partial charge on any atom is -0.464 e. The van der Waals surface area contributed by atoms with Gasteiger partial charge >= 0.3 is 5.97 Å². The van der Waals surface area contributed by atoms with Crippen LogP contribution < -0.4 is 4.90 Å². The zero-order chi connectivity index (χ0) is 23.1. The summed E-state index contributed by atoms with van der Waals surface area (Å²) in [4.78, 5) is 40.9. The summed E-state index contributed by atoms with van der Waals surface area (Å²) in [6.45, 7) is 14.2. The van der Waals surface area contributed by atoms with Crippen molar-refractivity contribution < 1.29 is 19.1 Å². The van der Waals surface area contributed by atoms with Crippen molar-refractivity contribution in [1.82, 2.24) is 4.90 Å². The number of hydrogen-bond donors (Lipinski definition) is 0. The van der Waals surface area contributed by atoms with Crippen LogP contribution in [0.25, 0.3) is 11.6 Å². The number of thioether (sulfide) groups is 1. The Morgan fingerprint density at radius 1 is 1.23 bits per heavy atom. The zero-order valence-corrected chi connectivity index (χ0v) is 20.0. The highest BCUT2D eigenvalue weighted by molar-refractivity contribution is 8.18. The van der Waals surface area contributed by atoms with Gasteiger partial charge in [-0.15, -0.1) is 0 Å². The van der Waals surface area contributed by atoms with Crippen molar-refractivity contribution in [3.63, 3.8) is 0 Å². The number of imide groups is 1. The molecule has 7 heteroatoms. The molecule has 0 saturated carbocycles. The third-order valence-electron chi connectivity index (χ3n) is 5.55. The number of ether oxygens (including phenoxy) is 1. The monoisotopic (exact) mass is 442 g/mol. The number of rotatable bonds is 5. The molecular weight excluding hydrogens is 412 g/mol. The standard InChI is InChI=1S/C24H30N2O4S/c1-8-30-22(28)16(5)25-21(27)20(31-23(25)29)12-17-9-10-19-18(11-17)15(4)13-24(6,7)26(19)14(2)3/h9-14,16H,8H2,1-7H3/b20-12+/t16-/m1/s1. The number of allylic oxidation sites excluding steroid dienone is 1. The van der Waals surface area contributed by atoms with Crippen molar-refractivity contribution in [2.75, 3.05) is 11.5 Å². The Morgan fingerprint density at radius 3 is 2.52 bits per heavy atom. The molecule has 0 bridgehead atoms. The molecule has 0 spiro atoms. The topological polar surface area (TPSA) is 66.9 Å². The van der Waals surface area contributed by atoms with Crippen molar-refractivity contribution in [3.05, 3.63) is 40.3 Å². The van der Waals surface area contributed by atoms with E-state index in [1.165, 1.54) is 12.5 Å². The number of amides is 2. The number of anilines is 1. The maximum absolute atomic E-state index is 12.8. The van der Waals surface area contributed by atoms with Gasteiger partial charge in [0, 0.05) is 17.3 Å². The second-order valence-corrected chi connectivity index (χ2v) is 9.69. The van der Waals surface area contributed by atoms with Gasteiger partial charge in [0.25, 0.3) is 11.1 Å². The van der Waals surface area contributed by atoms with Crippen molar-refractivity contribution in [3.8, 4) is 0 Å². The first kappa shape index (κ1) is 23.1. The fraction of sp³-hybridized carbons (Fsp3) is 0.458. The van der Waals surface area contributed by atoms with Crippen LogP contribution >= 0.6 is 11.8 Å². The fourth-order valence-corrected chi connectivity index (χ4v) is 5.34. The average molecular weight is 443 g/mol. The van der Waals surface area contributed by atoms with Gasteiger partial charge in [-0.25, -0.2) is 4.79 Å². The number of carbonyl (C=O) groups excluding carboxylic acids is 3. The lowest BCUT2D eigenvalue weighted by Gasteiger charge is -2.46. The molecule has 3 rings (SSSR count). The molecule has 0 radical (unpaired) electrons. The van der Waals surface area contributed by atoms with Gasteiger partial charge < -0.3 is 9.64 Å². The molecule has 31 heavy (non-hydrogen) atoms. The van der Waals surface area contributed by atoms with E-state index in [2.05, 4.69) is 57.7 Å². The number of hydrogen-bond acceptors (Lipinski definition) is 6. The van der Waals surface area contributed by atoms with Gasteiger partial charge in [-0.05, 0) is 89.6 Å². The molecule has 166 valence electrons. The van der Waals surface area contributed by atoms with E-state index >= 15 is 0 Å². The van der Waals surface area contributed by atoms with Crippen LogP contribution in [0.4, 0.5) is 10.5 Å². The highest BCUT2D eigenvalue weighted by atomic mass is 32.2. The van der Waals surface area contributed by atoms with Crippen LogP contribution in [0.1, 0.15) is 59.6 Å². The van der Waals surface area contributed by atoms with E-state index in [0.717, 1.165) is 33.5 Å². The van der Waals surface area contributed by atoms with Crippen LogP contribution in [0.2, 0.25) is 0 Å². The predicted octanol–water partition coefficient (Wildman–Crippen LogP) is 5.08. The van der Waals surface area contributed by atoms with E-state index < -0.39 is 23.2 Å². The normalized spacial score (nSPS) is 20.3. The van der Waals surface area contributed by atoms with Gasteiger partial charge in [-0.2, -0.15) is 0 Å². The van der Waals surface area contributed by atoms with Crippen molar-refractivity contribution in [2.45, 2.75) is 66.1 Å². The summed E-state index contributed by atoms with van der Waals surface area (Å²) < 4.78 is 4.96. The van der Waals surface area contributed by atoms with E-state index in [9.17, 15) is 14.4 Å². The Balaban J connectivity index is 1.94. The molecule has 2 heterocycles. The van der Waals surface area contributed by atoms with E-state index in [1.54, 1.807) is 13.0 Å². The summed E-state index contributed by atoms with van der Waals surface area (Å²) in [5, 5.41) is -0.460. The molecule has 2 aliphatic heterocycles. The smallest absolute Gasteiger partial charge is 0.329 e. The molecule has 0 aliphatic carbocycles. The number of nitrogens with zero attached hydrogens (tertiary/aromatic N) is 2. The lowest BCUT2D eigenvalue weighted by Crippen LogP contribution is -2.49. The number of fused-ring (bicyclic) bond motifs is 1.